The molecule has 2 heterocycles. The standard InChI is InChI=1S/C22H21N3O5S/c1-2-28-16-9-7-14(8-10-16)22-23-15(13-31-22)11-20(26)24-25-21(27)19-12-29-17-5-3-4-6-18(17)30-19/h3-10,13,19H,2,11-12H2,1H3,(H,24,26)(H,25,27). The Morgan fingerprint density at radius 2 is 1.90 bits per heavy atom. The lowest BCUT2D eigenvalue weighted by atomic mass is 10.2. The summed E-state index contributed by atoms with van der Waals surface area (Å²) in [5, 5.41) is 2.63. The largest absolute Gasteiger partial charge is 0.494 e. The van der Waals surface area contributed by atoms with Gasteiger partial charge in [-0.3, -0.25) is 20.4 Å². The molecule has 3 aromatic rings. The summed E-state index contributed by atoms with van der Waals surface area (Å²) in [6.45, 7) is 2.61. The zero-order chi connectivity index (χ0) is 21.6. The number of thiazole rings is 1. The molecule has 1 aliphatic rings. The van der Waals surface area contributed by atoms with Crippen molar-refractivity contribution in [1.82, 2.24) is 15.8 Å². The van der Waals surface area contributed by atoms with Crippen molar-refractivity contribution in [1.29, 1.82) is 0 Å². The summed E-state index contributed by atoms with van der Waals surface area (Å²) in [6, 6.07) is 14.7. The van der Waals surface area contributed by atoms with Gasteiger partial charge >= 0.3 is 0 Å². The first-order valence-electron chi connectivity index (χ1n) is 9.77. The van der Waals surface area contributed by atoms with Crippen LogP contribution >= 0.6 is 11.3 Å². The lowest BCUT2D eigenvalue weighted by Crippen LogP contribution is -2.51. The van der Waals surface area contributed by atoms with Crippen molar-refractivity contribution in [2.24, 2.45) is 0 Å². The molecule has 0 fully saturated rings. The number of nitrogens with one attached hydrogen (secondary N) is 2. The molecule has 1 atom stereocenters. The highest BCUT2D eigenvalue weighted by atomic mass is 32.1. The van der Waals surface area contributed by atoms with E-state index in [9.17, 15) is 9.59 Å². The molecular weight excluding hydrogens is 418 g/mol. The minimum atomic E-state index is -0.847. The van der Waals surface area contributed by atoms with E-state index in [2.05, 4.69) is 15.8 Å². The van der Waals surface area contributed by atoms with Gasteiger partial charge in [0.25, 0.3) is 5.91 Å². The number of benzene rings is 2. The molecule has 0 aliphatic carbocycles. The van der Waals surface area contributed by atoms with E-state index >= 15 is 0 Å². The van der Waals surface area contributed by atoms with Crippen molar-refractivity contribution in [2.75, 3.05) is 13.2 Å². The summed E-state index contributed by atoms with van der Waals surface area (Å²) < 4.78 is 16.6. The minimum Gasteiger partial charge on any atom is -0.494 e. The Hall–Kier alpha value is -3.59. The molecule has 8 nitrogen and oxygen atoms in total. The van der Waals surface area contributed by atoms with E-state index in [1.165, 1.54) is 11.3 Å². The molecule has 0 radical (unpaired) electrons. The third-order valence-electron chi connectivity index (χ3n) is 4.43. The van der Waals surface area contributed by atoms with Gasteiger partial charge in [-0.15, -0.1) is 11.3 Å². The summed E-state index contributed by atoms with van der Waals surface area (Å²) in [5.74, 6) is 1.01. The van der Waals surface area contributed by atoms with Crippen LogP contribution in [0, 0.1) is 0 Å². The number of rotatable bonds is 6. The van der Waals surface area contributed by atoms with Crippen molar-refractivity contribution in [3.05, 3.63) is 59.6 Å². The predicted octanol–water partition coefficient (Wildman–Crippen LogP) is 2.74. The fourth-order valence-electron chi connectivity index (χ4n) is 2.95. The van der Waals surface area contributed by atoms with E-state index in [1.807, 2.05) is 42.6 Å². The fourth-order valence-corrected chi connectivity index (χ4v) is 3.78. The van der Waals surface area contributed by atoms with Gasteiger partial charge in [0.2, 0.25) is 12.0 Å². The summed E-state index contributed by atoms with van der Waals surface area (Å²) in [7, 11) is 0. The zero-order valence-electron chi connectivity index (χ0n) is 16.8. The molecule has 2 amide bonds. The Morgan fingerprint density at radius 3 is 2.68 bits per heavy atom. The lowest BCUT2D eigenvalue weighted by molar-refractivity contribution is -0.134. The molecule has 31 heavy (non-hydrogen) atoms. The highest BCUT2D eigenvalue weighted by Gasteiger charge is 2.27. The van der Waals surface area contributed by atoms with E-state index in [-0.39, 0.29) is 18.9 Å². The Balaban J connectivity index is 1.27. The molecule has 0 saturated heterocycles. The number of para-hydroxylation sites is 2. The third kappa shape index (κ3) is 5.13. The second kappa shape index (κ2) is 9.48. The van der Waals surface area contributed by atoms with Crippen molar-refractivity contribution in [3.63, 3.8) is 0 Å². The molecule has 0 spiro atoms. The smallest absolute Gasteiger partial charge is 0.283 e. The van der Waals surface area contributed by atoms with Gasteiger partial charge in [0.05, 0.1) is 18.7 Å². The fraction of sp³-hybridized carbons (Fsp3) is 0.227. The first-order chi connectivity index (χ1) is 15.1. The van der Waals surface area contributed by atoms with Gasteiger partial charge in [0, 0.05) is 10.9 Å². The average molecular weight is 439 g/mol. The summed E-state index contributed by atoms with van der Waals surface area (Å²) in [6.07, 6.45) is -0.806. The van der Waals surface area contributed by atoms with Crippen LogP contribution in [0.4, 0.5) is 0 Å². The van der Waals surface area contributed by atoms with Crippen LogP contribution in [0.1, 0.15) is 12.6 Å². The number of amides is 2. The Labute approximate surface area is 183 Å². The Kier molecular flexibility index (Phi) is 6.32. The van der Waals surface area contributed by atoms with Crippen LogP contribution in [0.3, 0.4) is 0 Å². The molecular formula is C22H21N3O5S. The van der Waals surface area contributed by atoms with Crippen LogP contribution in [0.15, 0.2) is 53.9 Å². The molecule has 160 valence electrons. The van der Waals surface area contributed by atoms with Crippen LogP contribution in [-0.2, 0) is 16.0 Å². The number of hydrogen-bond acceptors (Lipinski definition) is 7. The second-order valence-electron chi connectivity index (χ2n) is 6.68. The van der Waals surface area contributed by atoms with Crippen LogP contribution in [0.2, 0.25) is 0 Å². The van der Waals surface area contributed by atoms with E-state index in [0.717, 1.165) is 16.3 Å². The van der Waals surface area contributed by atoms with Crippen molar-refractivity contribution >= 4 is 23.2 Å². The number of nitrogens with zero attached hydrogens (tertiary/aromatic N) is 1. The maximum Gasteiger partial charge on any atom is 0.283 e. The van der Waals surface area contributed by atoms with Gasteiger partial charge < -0.3 is 14.2 Å². The highest BCUT2D eigenvalue weighted by Crippen LogP contribution is 2.30. The van der Waals surface area contributed by atoms with E-state index in [0.29, 0.717) is 23.8 Å². The SMILES string of the molecule is CCOc1ccc(-c2nc(CC(=O)NNC(=O)C3COc4ccccc4O3)cs2)cc1. The summed E-state index contributed by atoms with van der Waals surface area (Å²) in [5.41, 5.74) is 6.34. The monoisotopic (exact) mass is 439 g/mol. The average Bonchev–Trinajstić information content (AvgIpc) is 3.26. The Morgan fingerprint density at radius 1 is 1.13 bits per heavy atom. The second-order valence-corrected chi connectivity index (χ2v) is 7.54. The first-order valence-corrected chi connectivity index (χ1v) is 10.6. The van der Waals surface area contributed by atoms with E-state index < -0.39 is 12.0 Å². The van der Waals surface area contributed by atoms with Gasteiger partial charge in [0.1, 0.15) is 17.4 Å². The van der Waals surface area contributed by atoms with Gasteiger partial charge in [-0.25, -0.2) is 4.98 Å². The number of fused-ring (bicyclic) bond motifs is 1. The number of hydrogen-bond donors (Lipinski definition) is 2. The molecule has 2 aromatic carbocycles. The zero-order valence-corrected chi connectivity index (χ0v) is 17.6. The lowest BCUT2D eigenvalue weighted by Gasteiger charge is -2.25. The van der Waals surface area contributed by atoms with E-state index in [1.54, 1.807) is 18.2 Å². The van der Waals surface area contributed by atoms with Crippen molar-refractivity contribution in [2.45, 2.75) is 19.4 Å². The molecule has 2 N–H and O–H groups in total. The van der Waals surface area contributed by atoms with Gasteiger partial charge in [-0.1, -0.05) is 12.1 Å². The van der Waals surface area contributed by atoms with E-state index in [4.69, 9.17) is 14.2 Å². The normalized spacial score (nSPS) is 14.5. The Bertz CT molecular complexity index is 1070. The van der Waals surface area contributed by atoms with Gasteiger partial charge in [-0.2, -0.15) is 0 Å². The summed E-state index contributed by atoms with van der Waals surface area (Å²) >= 11 is 1.45. The maximum absolute atomic E-state index is 12.3. The number of carbonyl (C=O) groups is 2. The number of carbonyl (C=O) groups excluding carboxylic acids is 2. The third-order valence-corrected chi connectivity index (χ3v) is 5.37. The minimum absolute atomic E-state index is 0.0403. The number of ether oxygens (including phenoxy) is 3. The van der Waals surface area contributed by atoms with Gasteiger partial charge in [0.15, 0.2) is 11.5 Å². The topological polar surface area (TPSA) is 98.8 Å². The number of aromatic nitrogens is 1. The summed E-state index contributed by atoms with van der Waals surface area (Å²) in [4.78, 5) is 29.0. The molecule has 1 aromatic heterocycles. The van der Waals surface area contributed by atoms with Gasteiger partial charge in [-0.05, 0) is 43.3 Å². The highest BCUT2D eigenvalue weighted by molar-refractivity contribution is 7.13. The van der Waals surface area contributed by atoms with Crippen LogP contribution in [0.5, 0.6) is 17.2 Å². The van der Waals surface area contributed by atoms with Crippen molar-refractivity contribution in [3.8, 4) is 27.8 Å². The molecule has 0 saturated carbocycles. The molecule has 9 heteroatoms. The van der Waals surface area contributed by atoms with Crippen LogP contribution in [-0.4, -0.2) is 36.1 Å². The maximum atomic E-state index is 12.3. The molecule has 1 unspecified atom stereocenters. The number of hydrazine groups is 1. The predicted molar refractivity (Wildman–Crippen MR) is 115 cm³/mol. The molecule has 4 rings (SSSR count). The molecule has 1 aliphatic heterocycles. The van der Waals surface area contributed by atoms with Crippen LogP contribution < -0.4 is 25.1 Å². The van der Waals surface area contributed by atoms with Crippen molar-refractivity contribution < 1.29 is 23.8 Å². The quantitative estimate of drug-likeness (QED) is 0.573. The van der Waals surface area contributed by atoms with Crippen LogP contribution in [0.25, 0.3) is 10.6 Å². The first kappa shape index (κ1) is 20.7. The molecule has 0 bridgehead atoms.